The Bertz CT molecular complexity index is 985. The van der Waals surface area contributed by atoms with E-state index in [1.807, 2.05) is 24.3 Å². The fraction of sp³-hybridized carbons (Fsp3) is 0.150. The van der Waals surface area contributed by atoms with Gasteiger partial charge in [-0.25, -0.2) is 0 Å². The predicted octanol–water partition coefficient (Wildman–Crippen LogP) is 4.07. The summed E-state index contributed by atoms with van der Waals surface area (Å²) in [7, 11) is 0. The summed E-state index contributed by atoms with van der Waals surface area (Å²) in [6.07, 6.45) is 1.63. The number of hydrogen-bond donors (Lipinski definition) is 2. The number of Topliss-reactive ketones (excluding diaryl/α,β-unsaturated/α-hetero) is 1. The molecule has 146 valence electrons. The fourth-order valence-electron chi connectivity index (χ4n) is 2.55. The van der Waals surface area contributed by atoms with Crippen LogP contribution in [0.25, 0.3) is 10.9 Å². The number of benzene rings is 2. The molecule has 8 heteroatoms. The molecule has 0 bridgehead atoms. The van der Waals surface area contributed by atoms with Crippen LogP contribution in [0.3, 0.4) is 0 Å². The minimum absolute atomic E-state index is 0. The van der Waals surface area contributed by atoms with Gasteiger partial charge in [0.2, 0.25) is 11.7 Å². The SMILES string of the molecule is CC(=O)Nc1ccc(SCC(=O)OCC(=O)c2c[nH]c3ccccc23)cc1.Cl. The molecule has 0 saturated heterocycles. The van der Waals surface area contributed by atoms with Gasteiger partial charge in [0, 0.05) is 40.2 Å². The van der Waals surface area contributed by atoms with Crippen molar-refractivity contribution in [1.29, 1.82) is 0 Å². The van der Waals surface area contributed by atoms with Gasteiger partial charge in [0.15, 0.2) is 6.61 Å². The van der Waals surface area contributed by atoms with E-state index in [2.05, 4.69) is 10.3 Å². The number of esters is 1. The quantitative estimate of drug-likeness (QED) is 0.343. The zero-order valence-corrected chi connectivity index (χ0v) is 16.7. The molecule has 0 aliphatic heterocycles. The molecule has 3 rings (SSSR count). The lowest BCUT2D eigenvalue weighted by Crippen LogP contribution is -2.15. The number of nitrogens with one attached hydrogen (secondary N) is 2. The number of fused-ring (bicyclic) bond motifs is 1. The highest BCUT2D eigenvalue weighted by atomic mass is 35.5. The standard InChI is InChI=1S/C20H18N2O4S.ClH/c1-13(23)22-14-6-8-15(9-7-14)27-12-20(25)26-11-19(24)17-10-21-18-5-3-2-4-16(17)18;/h2-10,21H,11-12H2,1H3,(H,22,23);1H. The molecular weight excluding hydrogens is 400 g/mol. The van der Waals surface area contributed by atoms with E-state index in [1.54, 1.807) is 30.5 Å². The van der Waals surface area contributed by atoms with Gasteiger partial charge in [0.1, 0.15) is 0 Å². The molecule has 2 N–H and O–H groups in total. The molecule has 0 atom stereocenters. The first kappa shape index (κ1) is 21.5. The molecule has 0 fully saturated rings. The monoisotopic (exact) mass is 418 g/mol. The Labute approximate surface area is 172 Å². The molecule has 0 aliphatic rings. The van der Waals surface area contributed by atoms with Crippen LogP contribution >= 0.6 is 24.2 Å². The van der Waals surface area contributed by atoms with E-state index in [-0.39, 0.29) is 36.5 Å². The van der Waals surface area contributed by atoms with E-state index in [1.165, 1.54) is 18.7 Å². The summed E-state index contributed by atoms with van der Waals surface area (Å²) >= 11 is 1.30. The number of aromatic nitrogens is 1. The highest BCUT2D eigenvalue weighted by Crippen LogP contribution is 2.21. The second-order valence-corrected chi connectivity index (χ2v) is 6.87. The molecule has 0 aliphatic carbocycles. The third-order valence-corrected chi connectivity index (χ3v) is 4.77. The summed E-state index contributed by atoms with van der Waals surface area (Å²) in [5.41, 5.74) is 2.07. The number of anilines is 1. The maximum absolute atomic E-state index is 12.3. The molecule has 0 saturated carbocycles. The van der Waals surface area contributed by atoms with Crippen LogP contribution in [0.5, 0.6) is 0 Å². The number of hydrogen-bond acceptors (Lipinski definition) is 5. The van der Waals surface area contributed by atoms with Gasteiger partial charge in [0.05, 0.1) is 5.75 Å². The second kappa shape index (κ2) is 9.96. The van der Waals surface area contributed by atoms with Crippen LogP contribution in [0.2, 0.25) is 0 Å². The van der Waals surface area contributed by atoms with E-state index < -0.39 is 5.97 Å². The van der Waals surface area contributed by atoms with Crippen LogP contribution in [0.15, 0.2) is 59.6 Å². The van der Waals surface area contributed by atoms with Crippen molar-refractivity contribution in [2.45, 2.75) is 11.8 Å². The average Bonchev–Trinajstić information content (AvgIpc) is 3.09. The molecule has 6 nitrogen and oxygen atoms in total. The van der Waals surface area contributed by atoms with E-state index in [0.29, 0.717) is 11.3 Å². The lowest BCUT2D eigenvalue weighted by Gasteiger charge is -2.05. The second-order valence-electron chi connectivity index (χ2n) is 5.83. The number of aromatic amines is 1. The highest BCUT2D eigenvalue weighted by molar-refractivity contribution is 8.00. The van der Waals surface area contributed by atoms with Crippen LogP contribution in [-0.4, -0.2) is 35.0 Å². The van der Waals surface area contributed by atoms with E-state index >= 15 is 0 Å². The van der Waals surface area contributed by atoms with E-state index in [4.69, 9.17) is 4.74 Å². The Balaban J connectivity index is 0.00000280. The lowest BCUT2D eigenvalue weighted by atomic mass is 10.1. The largest absolute Gasteiger partial charge is 0.457 e. The smallest absolute Gasteiger partial charge is 0.316 e. The van der Waals surface area contributed by atoms with Gasteiger partial charge in [-0.3, -0.25) is 14.4 Å². The maximum atomic E-state index is 12.3. The van der Waals surface area contributed by atoms with Crippen LogP contribution < -0.4 is 5.32 Å². The number of carbonyl (C=O) groups excluding carboxylic acids is 3. The number of para-hydroxylation sites is 1. The van der Waals surface area contributed by atoms with E-state index in [9.17, 15) is 14.4 Å². The van der Waals surface area contributed by atoms with Gasteiger partial charge >= 0.3 is 5.97 Å². The summed E-state index contributed by atoms with van der Waals surface area (Å²) < 4.78 is 5.09. The highest BCUT2D eigenvalue weighted by Gasteiger charge is 2.14. The van der Waals surface area contributed by atoms with Crippen LogP contribution in [0.1, 0.15) is 17.3 Å². The van der Waals surface area contributed by atoms with Crippen molar-refractivity contribution in [3.05, 3.63) is 60.3 Å². The van der Waals surface area contributed by atoms with Crippen molar-refractivity contribution in [2.75, 3.05) is 17.7 Å². The van der Waals surface area contributed by atoms with Crippen molar-refractivity contribution in [2.24, 2.45) is 0 Å². The predicted molar refractivity (Wildman–Crippen MR) is 112 cm³/mol. The first-order valence-electron chi connectivity index (χ1n) is 8.28. The van der Waals surface area contributed by atoms with Crippen LogP contribution in [-0.2, 0) is 14.3 Å². The van der Waals surface area contributed by atoms with Crippen molar-refractivity contribution in [1.82, 2.24) is 4.98 Å². The number of halogens is 1. The van der Waals surface area contributed by atoms with Crippen molar-refractivity contribution in [3.8, 4) is 0 Å². The van der Waals surface area contributed by atoms with Crippen LogP contribution in [0.4, 0.5) is 5.69 Å². The number of amides is 1. The Morgan fingerprint density at radius 3 is 2.50 bits per heavy atom. The maximum Gasteiger partial charge on any atom is 0.316 e. The first-order chi connectivity index (χ1) is 13.0. The van der Waals surface area contributed by atoms with Gasteiger partial charge in [-0.05, 0) is 30.3 Å². The molecular formula is C20H19ClN2O4S. The normalized spacial score (nSPS) is 10.2. The molecule has 0 radical (unpaired) electrons. The Kier molecular flexibility index (Phi) is 7.66. The summed E-state index contributed by atoms with van der Waals surface area (Å²) in [5.74, 6) is -0.746. The number of ketones is 1. The summed E-state index contributed by atoms with van der Waals surface area (Å²) in [6, 6.07) is 14.6. The molecule has 28 heavy (non-hydrogen) atoms. The third-order valence-electron chi connectivity index (χ3n) is 3.79. The molecule has 3 aromatic rings. The third kappa shape index (κ3) is 5.61. The summed E-state index contributed by atoms with van der Waals surface area (Å²) in [4.78, 5) is 39.1. The van der Waals surface area contributed by atoms with Gasteiger partial charge in [-0.2, -0.15) is 0 Å². The van der Waals surface area contributed by atoms with Crippen molar-refractivity contribution < 1.29 is 19.1 Å². The number of ether oxygens (including phenoxy) is 1. The zero-order chi connectivity index (χ0) is 19.2. The number of H-pyrrole nitrogens is 1. The Morgan fingerprint density at radius 1 is 1.07 bits per heavy atom. The van der Waals surface area contributed by atoms with Crippen molar-refractivity contribution in [3.63, 3.8) is 0 Å². The minimum Gasteiger partial charge on any atom is -0.457 e. The van der Waals surface area contributed by atoms with Crippen molar-refractivity contribution >= 4 is 58.4 Å². The Hall–Kier alpha value is -2.77. The summed E-state index contributed by atoms with van der Waals surface area (Å²) in [6.45, 7) is 1.15. The van der Waals surface area contributed by atoms with Gasteiger partial charge in [0.25, 0.3) is 0 Å². The lowest BCUT2D eigenvalue weighted by molar-refractivity contribution is -0.139. The molecule has 0 unspecified atom stereocenters. The fourth-order valence-corrected chi connectivity index (χ4v) is 3.24. The molecule has 1 amide bonds. The Morgan fingerprint density at radius 2 is 1.79 bits per heavy atom. The first-order valence-corrected chi connectivity index (χ1v) is 9.27. The number of rotatable bonds is 7. The minimum atomic E-state index is -0.459. The van der Waals surface area contributed by atoms with E-state index in [0.717, 1.165) is 15.8 Å². The van der Waals surface area contributed by atoms with Gasteiger partial charge in [-0.1, -0.05) is 18.2 Å². The van der Waals surface area contributed by atoms with Gasteiger partial charge < -0.3 is 15.0 Å². The average molecular weight is 419 g/mol. The topological polar surface area (TPSA) is 88.3 Å². The van der Waals surface area contributed by atoms with Crippen LogP contribution in [0, 0.1) is 0 Å². The molecule has 0 spiro atoms. The number of carbonyl (C=O) groups is 3. The molecule has 2 aromatic carbocycles. The van der Waals surface area contributed by atoms with Gasteiger partial charge in [-0.15, -0.1) is 24.2 Å². The summed E-state index contributed by atoms with van der Waals surface area (Å²) in [5, 5.41) is 3.49. The molecule has 1 aromatic heterocycles. The zero-order valence-electron chi connectivity index (χ0n) is 15.1. The molecule has 1 heterocycles. The number of thioether (sulfide) groups is 1.